The van der Waals surface area contributed by atoms with E-state index in [2.05, 4.69) is 0 Å². The molecule has 0 aromatic heterocycles. The highest BCUT2D eigenvalue weighted by Crippen LogP contribution is 2.46. The van der Waals surface area contributed by atoms with Gasteiger partial charge in [-0.3, -0.25) is 4.79 Å². The second-order valence-electron chi connectivity index (χ2n) is 5.68. The van der Waals surface area contributed by atoms with Gasteiger partial charge in [-0.15, -0.1) is 0 Å². The number of carbonyl (C=O) groups excluding carboxylic acids is 1. The minimum Gasteiger partial charge on any atom is -0.481 e. The van der Waals surface area contributed by atoms with Gasteiger partial charge in [0.05, 0.1) is 0 Å². The van der Waals surface area contributed by atoms with Crippen molar-refractivity contribution >= 4 is 12.0 Å². The van der Waals surface area contributed by atoms with Crippen molar-refractivity contribution in [3.05, 3.63) is 0 Å². The van der Waals surface area contributed by atoms with Gasteiger partial charge in [0.2, 0.25) is 0 Å². The van der Waals surface area contributed by atoms with Crippen molar-refractivity contribution in [3.8, 4) is 0 Å². The molecular formula is C12H17F3N2O3. The van der Waals surface area contributed by atoms with Gasteiger partial charge < -0.3 is 14.9 Å². The van der Waals surface area contributed by atoms with E-state index in [4.69, 9.17) is 5.11 Å². The molecule has 2 fully saturated rings. The summed E-state index contributed by atoms with van der Waals surface area (Å²) in [6.45, 7) is 2.03. The number of nitrogens with zero attached hydrogens (tertiary/aromatic N) is 2. The number of amides is 2. The summed E-state index contributed by atoms with van der Waals surface area (Å²) in [6.07, 6.45) is -4.62. The van der Waals surface area contributed by atoms with E-state index in [1.807, 2.05) is 6.92 Å². The Balaban J connectivity index is 2.11. The summed E-state index contributed by atoms with van der Waals surface area (Å²) in [5.74, 6) is -1.58. The van der Waals surface area contributed by atoms with E-state index in [-0.39, 0.29) is 6.54 Å². The zero-order valence-electron chi connectivity index (χ0n) is 11.1. The number of aliphatic carboxylic acids is 1. The highest BCUT2D eigenvalue weighted by Gasteiger charge is 2.64. The van der Waals surface area contributed by atoms with Crippen LogP contribution in [-0.4, -0.2) is 59.3 Å². The maximum atomic E-state index is 13.0. The Morgan fingerprint density at radius 1 is 1.25 bits per heavy atom. The number of carboxylic acid groups (broad SMARTS) is 1. The van der Waals surface area contributed by atoms with Gasteiger partial charge >= 0.3 is 18.2 Å². The Hall–Kier alpha value is -1.47. The molecule has 0 spiro atoms. The van der Waals surface area contributed by atoms with Crippen LogP contribution in [-0.2, 0) is 4.79 Å². The lowest BCUT2D eigenvalue weighted by Crippen LogP contribution is -2.49. The summed E-state index contributed by atoms with van der Waals surface area (Å²) < 4.78 is 39.0. The van der Waals surface area contributed by atoms with Gasteiger partial charge in [0.1, 0.15) is 0 Å². The topological polar surface area (TPSA) is 60.9 Å². The van der Waals surface area contributed by atoms with Gasteiger partial charge in [-0.1, -0.05) is 6.92 Å². The first-order valence-electron chi connectivity index (χ1n) is 6.51. The minimum atomic E-state index is -4.85. The Bertz CT molecular complexity index is 427. The van der Waals surface area contributed by atoms with Gasteiger partial charge in [-0.25, -0.2) is 4.79 Å². The molecular weight excluding hydrogens is 277 g/mol. The Labute approximate surface area is 114 Å². The van der Waals surface area contributed by atoms with E-state index < -0.39 is 36.6 Å². The van der Waals surface area contributed by atoms with Crippen molar-refractivity contribution in [3.63, 3.8) is 0 Å². The van der Waals surface area contributed by atoms with Crippen LogP contribution >= 0.6 is 0 Å². The normalized spacial score (nSPS) is 30.9. The molecule has 8 heteroatoms. The van der Waals surface area contributed by atoms with Crippen molar-refractivity contribution < 1.29 is 27.9 Å². The standard InChI is InChI=1S/C12H17F3N2O3/c1-8-2-4-16(6-8)10(20)17-5-3-11(7-17,9(18)19)12(13,14)15/h8H,2-7H2,1H3,(H,18,19). The molecule has 0 aromatic carbocycles. The van der Waals surface area contributed by atoms with Gasteiger partial charge in [-0.2, -0.15) is 13.2 Å². The molecule has 0 aliphatic carbocycles. The molecule has 5 nitrogen and oxygen atoms in total. The summed E-state index contributed by atoms with van der Waals surface area (Å²) >= 11 is 0. The Kier molecular flexibility index (Phi) is 3.60. The van der Waals surface area contributed by atoms with Gasteiger partial charge in [0.15, 0.2) is 5.41 Å². The monoisotopic (exact) mass is 294 g/mol. The molecule has 114 valence electrons. The fourth-order valence-electron chi connectivity index (χ4n) is 2.81. The van der Waals surface area contributed by atoms with Gasteiger partial charge in [0, 0.05) is 26.2 Å². The maximum absolute atomic E-state index is 13.0. The zero-order chi connectivity index (χ0) is 15.1. The average molecular weight is 294 g/mol. The van der Waals surface area contributed by atoms with Crippen LogP contribution in [0.25, 0.3) is 0 Å². The number of carbonyl (C=O) groups is 2. The van der Waals surface area contributed by atoms with Crippen LogP contribution in [0.4, 0.5) is 18.0 Å². The van der Waals surface area contributed by atoms with Gasteiger partial charge in [0.25, 0.3) is 0 Å². The SMILES string of the molecule is CC1CCN(C(=O)N2CCC(C(=O)O)(C(F)(F)F)C2)C1. The summed E-state index contributed by atoms with van der Waals surface area (Å²) in [4.78, 5) is 25.7. The smallest absolute Gasteiger partial charge is 0.406 e. The molecule has 0 radical (unpaired) electrons. The molecule has 1 N–H and O–H groups in total. The number of hydrogen-bond donors (Lipinski definition) is 1. The summed E-state index contributed by atoms with van der Waals surface area (Å²) in [7, 11) is 0. The van der Waals surface area contributed by atoms with E-state index in [0.717, 1.165) is 11.3 Å². The van der Waals surface area contributed by atoms with Crippen LogP contribution in [0.3, 0.4) is 0 Å². The third kappa shape index (κ3) is 2.31. The van der Waals surface area contributed by atoms with E-state index in [1.165, 1.54) is 4.90 Å². The lowest BCUT2D eigenvalue weighted by molar-refractivity contribution is -0.227. The van der Waals surface area contributed by atoms with E-state index >= 15 is 0 Å². The predicted octanol–water partition coefficient (Wildman–Crippen LogP) is 1.79. The zero-order valence-corrected chi connectivity index (χ0v) is 11.1. The summed E-state index contributed by atoms with van der Waals surface area (Å²) in [6, 6.07) is -0.485. The van der Waals surface area contributed by atoms with E-state index in [9.17, 15) is 22.8 Å². The summed E-state index contributed by atoms with van der Waals surface area (Å²) in [5.41, 5.74) is -2.83. The first kappa shape index (κ1) is 14.9. The lowest BCUT2D eigenvalue weighted by Gasteiger charge is -2.29. The molecule has 2 aliphatic heterocycles. The van der Waals surface area contributed by atoms with E-state index in [0.29, 0.717) is 19.0 Å². The second kappa shape index (κ2) is 4.82. The number of likely N-dealkylation sites (tertiary alicyclic amines) is 2. The first-order chi connectivity index (χ1) is 9.17. The predicted molar refractivity (Wildman–Crippen MR) is 63.1 cm³/mol. The number of urea groups is 1. The van der Waals surface area contributed by atoms with Crippen LogP contribution in [0.1, 0.15) is 19.8 Å². The molecule has 2 saturated heterocycles. The van der Waals surface area contributed by atoms with Crippen LogP contribution < -0.4 is 0 Å². The fourth-order valence-corrected chi connectivity index (χ4v) is 2.81. The molecule has 0 saturated carbocycles. The molecule has 2 heterocycles. The molecule has 2 aliphatic rings. The van der Waals surface area contributed by atoms with Crippen LogP contribution in [0.2, 0.25) is 0 Å². The summed E-state index contributed by atoms with van der Waals surface area (Å²) in [5, 5.41) is 8.93. The van der Waals surface area contributed by atoms with E-state index in [1.54, 1.807) is 0 Å². The highest BCUT2D eigenvalue weighted by molar-refractivity contribution is 5.80. The fraction of sp³-hybridized carbons (Fsp3) is 0.833. The van der Waals surface area contributed by atoms with Gasteiger partial charge in [-0.05, 0) is 18.8 Å². The largest absolute Gasteiger partial charge is 0.481 e. The molecule has 2 unspecified atom stereocenters. The van der Waals surface area contributed by atoms with Crippen molar-refractivity contribution in [2.75, 3.05) is 26.2 Å². The van der Waals surface area contributed by atoms with Crippen molar-refractivity contribution in [2.45, 2.75) is 25.9 Å². The molecule has 2 amide bonds. The van der Waals surface area contributed by atoms with Crippen molar-refractivity contribution in [2.24, 2.45) is 11.3 Å². The number of alkyl halides is 3. The molecule has 2 atom stereocenters. The maximum Gasteiger partial charge on any atom is 0.406 e. The molecule has 2 rings (SSSR count). The molecule has 20 heavy (non-hydrogen) atoms. The Morgan fingerprint density at radius 3 is 2.30 bits per heavy atom. The minimum absolute atomic E-state index is 0.171. The third-order valence-electron chi connectivity index (χ3n) is 4.19. The van der Waals surface area contributed by atoms with Crippen LogP contribution in [0.15, 0.2) is 0 Å². The quantitative estimate of drug-likeness (QED) is 0.802. The number of halogens is 3. The van der Waals surface area contributed by atoms with Crippen LogP contribution in [0, 0.1) is 11.3 Å². The Morgan fingerprint density at radius 2 is 1.90 bits per heavy atom. The second-order valence-corrected chi connectivity index (χ2v) is 5.68. The first-order valence-corrected chi connectivity index (χ1v) is 6.51. The molecule has 0 bridgehead atoms. The number of hydrogen-bond acceptors (Lipinski definition) is 2. The lowest BCUT2D eigenvalue weighted by atomic mass is 9.86. The number of carboxylic acids is 1. The molecule has 0 aromatic rings. The average Bonchev–Trinajstić information content (AvgIpc) is 2.93. The highest BCUT2D eigenvalue weighted by atomic mass is 19.4. The number of rotatable bonds is 1. The third-order valence-corrected chi connectivity index (χ3v) is 4.19. The van der Waals surface area contributed by atoms with Crippen molar-refractivity contribution in [1.82, 2.24) is 9.80 Å². The van der Waals surface area contributed by atoms with Crippen molar-refractivity contribution in [1.29, 1.82) is 0 Å². The van der Waals surface area contributed by atoms with Crippen LogP contribution in [0.5, 0.6) is 0 Å².